The average molecular weight is 191 g/mol. The molecule has 3 nitrogen and oxygen atoms in total. The second-order valence-corrected chi connectivity index (χ2v) is 2.90. The van der Waals surface area contributed by atoms with Crippen LogP contribution in [0.4, 0.5) is 0 Å². The van der Waals surface area contributed by atoms with Crippen molar-refractivity contribution in [1.82, 2.24) is 0 Å². The molecule has 0 atom stereocenters. The first-order chi connectivity index (χ1) is 6.81. The van der Waals surface area contributed by atoms with Crippen molar-refractivity contribution in [3.8, 4) is 11.8 Å². The molecule has 0 aliphatic heterocycles. The molecule has 0 fully saturated rings. The van der Waals surface area contributed by atoms with E-state index in [1.54, 1.807) is 14.2 Å². The van der Waals surface area contributed by atoms with E-state index in [1.165, 1.54) is 0 Å². The maximum Gasteiger partial charge on any atom is 0.119 e. The third-order valence-corrected chi connectivity index (χ3v) is 1.98. The van der Waals surface area contributed by atoms with E-state index >= 15 is 0 Å². The summed E-state index contributed by atoms with van der Waals surface area (Å²) < 4.78 is 10.1. The highest BCUT2D eigenvalue weighted by atomic mass is 16.5. The number of nitriles is 1. The maximum absolute atomic E-state index is 8.62. The molecule has 3 heteroatoms. The Hall–Kier alpha value is -1.53. The lowest BCUT2D eigenvalue weighted by atomic mass is 10.1. The molecular formula is C11H13NO2. The zero-order valence-corrected chi connectivity index (χ0v) is 8.41. The molecule has 1 rings (SSSR count). The Kier molecular flexibility index (Phi) is 3.96. The molecule has 0 radical (unpaired) electrons. The highest BCUT2D eigenvalue weighted by Crippen LogP contribution is 2.18. The van der Waals surface area contributed by atoms with E-state index in [2.05, 4.69) is 6.07 Å². The molecule has 1 aromatic rings. The largest absolute Gasteiger partial charge is 0.497 e. The summed E-state index contributed by atoms with van der Waals surface area (Å²) >= 11 is 0. The van der Waals surface area contributed by atoms with Crippen LogP contribution < -0.4 is 4.74 Å². The Morgan fingerprint density at radius 2 is 2.07 bits per heavy atom. The number of methoxy groups -OCH3 is 2. The molecule has 0 aliphatic rings. The van der Waals surface area contributed by atoms with Gasteiger partial charge in [0, 0.05) is 7.11 Å². The van der Waals surface area contributed by atoms with Crippen molar-refractivity contribution in [1.29, 1.82) is 5.26 Å². The van der Waals surface area contributed by atoms with E-state index in [4.69, 9.17) is 14.7 Å². The molecular weight excluding hydrogens is 178 g/mol. The molecule has 0 amide bonds. The Morgan fingerprint density at radius 1 is 1.29 bits per heavy atom. The summed E-state index contributed by atoms with van der Waals surface area (Å²) in [5.41, 5.74) is 2.00. The third-order valence-electron chi connectivity index (χ3n) is 1.98. The monoisotopic (exact) mass is 191 g/mol. The molecule has 74 valence electrons. The van der Waals surface area contributed by atoms with Gasteiger partial charge in [0.15, 0.2) is 0 Å². The molecule has 0 aliphatic carbocycles. The molecule has 0 saturated heterocycles. The van der Waals surface area contributed by atoms with E-state index < -0.39 is 0 Å². The van der Waals surface area contributed by atoms with Crippen LogP contribution in [0.15, 0.2) is 18.2 Å². The summed E-state index contributed by atoms with van der Waals surface area (Å²) in [6.07, 6.45) is 0.405. The molecule has 0 spiro atoms. The number of hydrogen-bond acceptors (Lipinski definition) is 3. The van der Waals surface area contributed by atoms with Crippen LogP contribution in [0, 0.1) is 11.3 Å². The lowest BCUT2D eigenvalue weighted by Crippen LogP contribution is -1.96. The second-order valence-electron chi connectivity index (χ2n) is 2.90. The maximum atomic E-state index is 8.62. The van der Waals surface area contributed by atoms with Gasteiger partial charge in [-0.2, -0.15) is 5.26 Å². The van der Waals surface area contributed by atoms with E-state index in [-0.39, 0.29) is 0 Å². The molecule has 1 aromatic carbocycles. The van der Waals surface area contributed by atoms with Crippen molar-refractivity contribution in [2.75, 3.05) is 14.2 Å². The van der Waals surface area contributed by atoms with E-state index in [1.807, 2.05) is 18.2 Å². The molecule has 0 unspecified atom stereocenters. The van der Waals surface area contributed by atoms with Gasteiger partial charge in [-0.1, -0.05) is 6.07 Å². The average Bonchev–Trinajstić information content (AvgIpc) is 2.21. The van der Waals surface area contributed by atoms with Crippen LogP contribution in [0.5, 0.6) is 5.75 Å². The van der Waals surface area contributed by atoms with Crippen LogP contribution in [-0.4, -0.2) is 14.2 Å². The van der Waals surface area contributed by atoms with E-state index in [9.17, 15) is 0 Å². The Labute approximate surface area is 83.9 Å². The van der Waals surface area contributed by atoms with Crippen LogP contribution in [0.3, 0.4) is 0 Å². The Balaban J connectivity index is 2.98. The van der Waals surface area contributed by atoms with Crippen LogP contribution in [0.25, 0.3) is 0 Å². The summed E-state index contributed by atoms with van der Waals surface area (Å²) in [5.74, 6) is 0.790. The van der Waals surface area contributed by atoms with Gasteiger partial charge in [-0.15, -0.1) is 0 Å². The minimum atomic E-state index is 0.405. The van der Waals surface area contributed by atoms with Gasteiger partial charge in [0.05, 0.1) is 26.2 Å². The molecule has 0 aromatic heterocycles. The molecule has 14 heavy (non-hydrogen) atoms. The highest BCUT2D eigenvalue weighted by Gasteiger charge is 2.03. The van der Waals surface area contributed by atoms with Crippen molar-refractivity contribution in [2.45, 2.75) is 13.0 Å². The zero-order chi connectivity index (χ0) is 10.4. The predicted octanol–water partition coefficient (Wildman–Crippen LogP) is 1.91. The van der Waals surface area contributed by atoms with Gasteiger partial charge in [-0.3, -0.25) is 0 Å². The first-order valence-corrected chi connectivity index (χ1v) is 4.33. The van der Waals surface area contributed by atoms with Crippen molar-refractivity contribution < 1.29 is 9.47 Å². The zero-order valence-electron chi connectivity index (χ0n) is 8.41. The molecule has 0 bridgehead atoms. The van der Waals surface area contributed by atoms with E-state index in [0.29, 0.717) is 13.0 Å². The normalized spacial score (nSPS) is 9.50. The van der Waals surface area contributed by atoms with Crippen LogP contribution in [-0.2, 0) is 17.8 Å². The van der Waals surface area contributed by atoms with Gasteiger partial charge in [-0.05, 0) is 23.3 Å². The molecule has 0 heterocycles. The quantitative estimate of drug-likeness (QED) is 0.730. The van der Waals surface area contributed by atoms with Gasteiger partial charge in [-0.25, -0.2) is 0 Å². The van der Waals surface area contributed by atoms with Crippen LogP contribution in [0.1, 0.15) is 11.1 Å². The van der Waals surface area contributed by atoms with Gasteiger partial charge in [0.25, 0.3) is 0 Å². The van der Waals surface area contributed by atoms with Gasteiger partial charge in [0.1, 0.15) is 5.75 Å². The topological polar surface area (TPSA) is 42.2 Å². The van der Waals surface area contributed by atoms with Crippen LogP contribution in [0.2, 0.25) is 0 Å². The summed E-state index contributed by atoms with van der Waals surface area (Å²) in [6, 6.07) is 7.78. The van der Waals surface area contributed by atoms with Gasteiger partial charge in [0.2, 0.25) is 0 Å². The van der Waals surface area contributed by atoms with Crippen molar-refractivity contribution in [3.63, 3.8) is 0 Å². The minimum absolute atomic E-state index is 0.405. The van der Waals surface area contributed by atoms with E-state index in [0.717, 1.165) is 16.9 Å². The molecule has 0 N–H and O–H groups in total. The van der Waals surface area contributed by atoms with Crippen molar-refractivity contribution in [2.24, 2.45) is 0 Å². The van der Waals surface area contributed by atoms with Gasteiger partial charge < -0.3 is 9.47 Å². The summed E-state index contributed by atoms with van der Waals surface area (Å²) in [4.78, 5) is 0. The second kappa shape index (κ2) is 5.25. The molecule has 0 saturated carbocycles. The summed E-state index contributed by atoms with van der Waals surface area (Å²) in [5, 5.41) is 8.62. The Morgan fingerprint density at radius 3 is 2.64 bits per heavy atom. The predicted molar refractivity (Wildman–Crippen MR) is 53.0 cm³/mol. The summed E-state index contributed by atoms with van der Waals surface area (Å²) in [7, 11) is 3.26. The van der Waals surface area contributed by atoms with Crippen molar-refractivity contribution in [3.05, 3.63) is 29.3 Å². The number of nitrogens with zero attached hydrogens (tertiary/aromatic N) is 1. The number of rotatable bonds is 4. The SMILES string of the molecule is COCc1cc(OC)ccc1CC#N. The number of hydrogen-bond donors (Lipinski definition) is 0. The van der Waals surface area contributed by atoms with Crippen LogP contribution >= 0.6 is 0 Å². The fraction of sp³-hybridized carbons (Fsp3) is 0.364. The highest BCUT2D eigenvalue weighted by molar-refractivity contribution is 5.36. The smallest absolute Gasteiger partial charge is 0.119 e. The lowest BCUT2D eigenvalue weighted by Gasteiger charge is -2.08. The Bertz CT molecular complexity index is 342. The standard InChI is InChI=1S/C11H13NO2/c1-13-8-10-7-11(14-2)4-3-9(10)5-6-12/h3-4,7H,5,8H2,1-2H3. The third kappa shape index (κ3) is 2.48. The van der Waals surface area contributed by atoms with Gasteiger partial charge >= 0.3 is 0 Å². The first-order valence-electron chi connectivity index (χ1n) is 4.33. The minimum Gasteiger partial charge on any atom is -0.497 e. The van der Waals surface area contributed by atoms with Crippen molar-refractivity contribution >= 4 is 0 Å². The summed E-state index contributed by atoms with van der Waals surface area (Å²) in [6.45, 7) is 0.508. The fourth-order valence-electron chi connectivity index (χ4n) is 1.28. The number of ether oxygens (including phenoxy) is 2. The first kappa shape index (κ1) is 10.6. The lowest BCUT2D eigenvalue weighted by molar-refractivity contribution is 0.184. The fourth-order valence-corrected chi connectivity index (χ4v) is 1.28. The number of benzene rings is 1.